The molecule has 1 saturated heterocycles. The number of ether oxygens (including phenoxy) is 1. The monoisotopic (exact) mass is 287 g/mol. The van der Waals surface area contributed by atoms with E-state index in [2.05, 4.69) is 21.9 Å². The summed E-state index contributed by atoms with van der Waals surface area (Å²) in [6, 6.07) is 5.89. The Morgan fingerprint density at radius 1 is 1.43 bits per heavy atom. The van der Waals surface area contributed by atoms with Crippen LogP contribution < -0.4 is 0 Å². The van der Waals surface area contributed by atoms with Gasteiger partial charge in [-0.25, -0.2) is 0 Å². The van der Waals surface area contributed by atoms with E-state index >= 15 is 0 Å². The van der Waals surface area contributed by atoms with E-state index in [1.807, 2.05) is 44.3 Å². The van der Waals surface area contributed by atoms with Crippen LogP contribution in [0.3, 0.4) is 0 Å². The minimum atomic E-state index is -0.114. The minimum absolute atomic E-state index is 0.114. The molecule has 1 aromatic heterocycles. The maximum absolute atomic E-state index is 6.00. The van der Waals surface area contributed by atoms with Crippen molar-refractivity contribution < 1.29 is 4.74 Å². The van der Waals surface area contributed by atoms with E-state index < -0.39 is 0 Å². The Morgan fingerprint density at radius 2 is 2.19 bits per heavy atom. The number of pyridine rings is 1. The number of likely N-dealkylation sites (tertiary alicyclic amines) is 1. The van der Waals surface area contributed by atoms with Crippen LogP contribution in [0.1, 0.15) is 32.4 Å². The van der Waals surface area contributed by atoms with Gasteiger partial charge in [-0.15, -0.1) is 0 Å². The summed E-state index contributed by atoms with van der Waals surface area (Å²) in [5.41, 5.74) is 1.96. The molecule has 21 heavy (non-hydrogen) atoms. The van der Waals surface area contributed by atoms with Crippen molar-refractivity contribution in [2.75, 3.05) is 20.1 Å². The lowest BCUT2D eigenvalue weighted by Crippen LogP contribution is -2.35. The van der Waals surface area contributed by atoms with Crippen molar-refractivity contribution in [1.82, 2.24) is 9.88 Å². The van der Waals surface area contributed by atoms with Crippen molar-refractivity contribution in [3.8, 4) is 0 Å². The van der Waals surface area contributed by atoms with Crippen molar-refractivity contribution in [1.29, 1.82) is 0 Å². The summed E-state index contributed by atoms with van der Waals surface area (Å²) in [5, 5.41) is 0. The first kappa shape index (κ1) is 15.9. The molecule has 0 N–H and O–H groups in total. The second-order valence-electron chi connectivity index (χ2n) is 5.48. The molecule has 1 aliphatic heterocycles. The third-order valence-electron chi connectivity index (χ3n) is 3.75. The average molecular weight is 287 g/mol. The molecule has 1 aromatic rings. The fourth-order valence-electron chi connectivity index (χ4n) is 2.44. The molecule has 2 heterocycles. The summed E-state index contributed by atoms with van der Waals surface area (Å²) in [4.78, 5) is 11.2. The van der Waals surface area contributed by atoms with Crippen LogP contribution in [-0.2, 0) is 4.74 Å². The zero-order chi connectivity index (χ0) is 15.1. The molecule has 0 aromatic carbocycles. The summed E-state index contributed by atoms with van der Waals surface area (Å²) in [6.07, 6.45) is 8.08. The largest absolute Gasteiger partial charge is 0.354 e. The smallest absolute Gasteiger partial charge is 0.145 e. The van der Waals surface area contributed by atoms with Gasteiger partial charge in [0.05, 0.1) is 11.8 Å². The Bertz CT molecular complexity index is 476. The number of hydrogen-bond acceptors (Lipinski definition) is 4. The second kappa shape index (κ2) is 8.05. The van der Waals surface area contributed by atoms with E-state index in [1.54, 1.807) is 6.20 Å². The van der Waals surface area contributed by atoms with Crippen LogP contribution in [-0.4, -0.2) is 48.6 Å². The fraction of sp³-hybridized carbons (Fsp3) is 0.529. The van der Waals surface area contributed by atoms with Gasteiger partial charge >= 0.3 is 0 Å². The number of nitrogens with zero attached hydrogens (tertiary/aromatic N) is 3. The van der Waals surface area contributed by atoms with Gasteiger partial charge in [0, 0.05) is 31.1 Å². The predicted molar refractivity (Wildman–Crippen MR) is 87.4 cm³/mol. The van der Waals surface area contributed by atoms with Crippen molar-refractivity contribution in [3.05, 3.63) is 36.2 Å². The molecule has 0 spiro atoms. The van der Waals surface area contributed by atoms with Crippen LogP contribution in [0.15, 0.2) is 35.5 Å². The molecular weight excluding hydrogens is 262 g/mol. The van der Waals surface area contributed by atoms with Gasteiger partial charge in [0.25, 0.3) is 0 Å². The summed E-state index contributed by atoms with van der Waals surface area (Å²) >= 11 is 0. The van der Waals surface area contributed by atoms with Crippen molar-refractivity contribution in [3.63, 3.8) is 0 Å². The highest BCUT2D eigenvalue weighted by Gasteiger charge is 2.18. The zero-order valence-electron chi connectivity index (χ0n) is 13.2. The van der Waals surface area contributed by atoms with Gasteiger partial charge in [-0.2, -0.15) is 0 Å². The molecule has 1 atom stereocenters. The molecule has 1 aliphatic rings. The van der Waals surface area contributed by atoms with Gasteiger partial charge in [-0.3, -0.25) is 9.98 Å². The fourth-order valence-corrected chi connectivity index (χ4v) is 2.44. The second-order valence-corrected chi connectivity index (χ2v) is 5.48. The Balaban J connectivity index is 1.87. The molecule has 0 bridgehead atoms. The predicted octanol–water partition coefficient (Wildman–Crippen LogP) is 3.01. The summed E-state index contributed by atoms with van der Waals surface area (Å²) in [5.74, 6) is 0. The standard InChI is InChI=1S/C17H25N3O/c1-4-15(17-7-5-6-10-18-17)13-19-14(2)21-16-8-11-20(3)12-9-16/h4-7,10,13-14,16H,8-9,11-12H2,1-3H3/b15-4+,19-13-. The molecule has 0 radical (unpaired) electrons. The van der Waals surface area contributed by atoms with Crippen molar-refractivity contribution >= 4 is 11.8 Å². The van der Waals surface area contributed by atoms with Crippen molar-refractivity contribution in [2.24, 2.45) is 4.99 Å². The molecular formula is C17H25N3O. The number of rotatable bonds is 5. The SMILES string of the molecule is C/C=C(\C=N/C(C)OC1CCN(C)CC1)c1ccccn1. The van der Waals surface area contributed by atoms with E-state index in [0.29, 0.717) is 6.10 Å². The Hall–Kier alpha value is -1.52. The Kier molecular flexibility index (Phi) is 6.08. The number of aliphatic imine (C=N–C) groups is 1. The lowest BCUT2D eigenvalue weighted by atomic mass is 10.1. The molecule has 2 rings (SSSR count). The van der Waals surface area contributed by atoms with Gasteiger partial charge in [0.1, 0.15) is 6.23 Å². The summed E-state index contributed by atoms with van der Waals surface area (Å²) < 4.78 is 6.00. The van der Waals surface area contributed by atoms with Crippen LogP contribution in [0.25, 0.3) is 5.57 Å². The number of piperidine rings is 1. The van der Waals surface area contributed by atoms with Crippen LogP contribution in [0.5, 0.6) is 0 Å². The molecule has 0 saturated carbocycles. The Labute approximate surface area is 127 Å². The molecule has 4 heteroatoms. The molecule has 1 unspecified atom stereocenters. The van der Waals surface area contributed by atoms with E-state index in [9.17, 15) is 0 Å². The molecule has 114 valence electrons. The number of aromatic nitrogens is 1. The van der Waals surface area contributed by atoms with E-state index in [1.165, 1.54) is 0 Å². The molecule has 0 amide bonds. The topological polar surface area (TPSA) is 37.7 Å². The average Bonchev–Trinajstić information content (AvgIpc) is 2.51. The van der Waals surface area contributed by atoms with E-state index in [-0.39, 0.29) is 6.23 Å². The van der Waals surface area contributed by atoms with Gasteiger partial charge < -0.3 is 9.64 Å². The number of hydrogen-bond donors (Lipinski definition) is 0. The Morgan fingerprint density at radius 3 is 2.81 bits per heavy atom. The maximum atomic E-state index is 6.00. The summed E-state index contributed by atoms with van der Waals surface area (Å²) in [7, 11) is 2.16. The van der Waals surface area contributed by atoms with Crippen LogP contribution in [0, 0.1) is 0 Å². The van der Waals surface area contributed by atoms with Gasteiger partial charge in [0.2, 0.25) is 0 Å². The normalized spacial score (nSPS) is 20.0. The lowest BCUT2D eigenvalue weighted by Gasteiger charge is -2.29. The quantitative estimate of drug-likeness (QED) is 0.781. The van der Waals surface area contributed by atoms with Crippen LogP contribution >= 0.6 is 0 Å². The molecule has 1 fully saturated rings. The molecule has 0 aliphatic carbocycles. The third kappa shape index (κ3) is 5.06. The first-order valence-corrected chi connectivity index (χ1v) is 7.64. The summed E-state index contributed by atoms with van der Waals surface area (Å²) in [6.45, 7) is 6.21. The van der Waals surface area contributed by atoms with Gasteiger partial charge in [-0.1, -0.05) is 12.1 Å². The highest BCUT2D eigenvalue weighted by molar-refractivity contribution is 6.08. The maximum Gasteiger partial charge on any atom is 0.145 e. The van der Waals surface area contributed by atoms with Gasteiger partial charge in [0.15, 0.2) is 0 Å². The first-order chi connectivity index (χ1) is 10.2. The van der Waals surface area contributed by atoms with E-state index in [4.69, 9.17) is 4.74 Å². The minimum Gasteiger partial charge on any atom is -0.354 e. The lowest BCUT2D eigenvalue weighted by molar-refractivity contribution is -0.0270. The van der Waals surface area contributed by atoms with E-state index in [0.717, 1.165) is 37.2 Å². The van der Waals surface area contributed by atoms with Crippen LogP contribution in [0.2, 0.25) is 0 Å². The first-order valence-electron chi connectivity index (χ1n) is 7.64. The van der Waals surface area contributed by atoms with Crippen molar-refractivity contribution in [2.45, 2.75) is 39.0 Å². The zero-order valence-corrected chi connectivity index (χ0v) is 13.2. The highest BCUT2D eigenvalue weighted by atomic mass is 16.5. The van der Waals surface area contributed by atoms with Crippen LogP contribution in [0.4, 0.5) is 0 Å². The molecule has 4 nitrogen and oxygen atoms in total. The number of allylic oxidation sites excluding steroid dienone is 2. The third-order valence-corrected chi connectivity index (χ3v) is 3.75. The highest BCUT2D eigenvalue weighted by Crippen LogP contribution is 2.15. The van der Waals surface area contributed by atoms with Gasteiger partial charge in [-0.05, 0) is 45.9 Å².